The van der Waals surface area contributed by atoms with E-state index in [9.17, 15) is 20.2 Å². The molecule has 2 bridgehead atoms. The summed E-state index contributed by atoms with van der Waals surface area (Å²) in [5, 5.41) is 40.0. The van der Waals surface area contributed by atoms with Crippen LogP contribution in [-0.4, -0.2) is 11.7 Å². The first-order valence-corrected chi connectivity index (χ1v) is 12.3. The molecule has 0 spiro atoms. The Bertz CT molecular complexity index is 1060. The van der Waals surface area contributed by atoms with Gasteiger partial charge in [-0.3, -0.25) is 5.41 Å². The first-order valence-electron chi connectivity index (χ1n) is 11.6. The van der Waals surface area contributed by atoms with E-state index in [0.717, 1.165) is 38.5 Å². The Labute approximate surface area is 201 Å². The number of ether oxygens (including phenoxy) is 2. The van der Waals surface area contributed by atoms with Crippen LogP contribution in [0.2, 0.25) is 0 Å². The molecule has 1 aromatic rings. The van der Waals surface area contributed by atoms with Gasteiger partial charge in [0.15, 0.2) is 5.41 Å². The second kappa shape index (κ2) is 9.05. The van der Waals surface area contributed by atoms with E-state index in [1.165, 1.54) is 31.0 Å². The lowest BCUT2D eigenvalue weighted by Gasteiger charge is -2.50. The third-order valence-corrected chi connectivity index (χ3v) is 8.17. The summed E-state index contributed by atoms with van der Waals surface area (Å²) in [6, 6.07) is 10.6. The molecule has 8 heteroatoms. The Morgan fingerprint density at radius 3 is 2.21 bits per heavy atom. The zero-order chi connectivity index (χ0) is 23.7. The van der Waals surface area contributed by atoms with Crippen LogP contribution in [0.4, 0.5) is 4.39 Å². The van der Waals surface area contributed by atoms with Crippen molar-refractivity contribution in [3.63, 3.8) is 0 Å². The number of hydrogen-bond acceptors (Lipinski definition) is 6. The highest BCUT2D eigenvalue weighted by Gasteiger charge is 2.79. The minimum absolute atomic E-state index is 0.168. The van der Waals surface area contributed by atoms with Crippen LogP contribution in [0.3, 0.4) is 0 Å². The first-order chi connectivity index (χ1) is 15.9. The molecule has 6 nitrogen and oxygen atoms in total. The van der Waals surface area contributed by atoms with Gasteiger partial charge < -0.3 is 9.47 Å². The molecular formula is C25H26BrFN4O2. The fourth-order valence-corrected chi connectivity index (χ4v) is 6.29. The third kappa shape index (κ3) is 3.45. The fourth-order valence-electron chi connectivity index (χ4n) is 5.90. The summed E-state index contributed by atoms with van der Waals surface area (Å²) in [6.45, 7) is 0. The minimum Gasteiger partial charge on any atom is -0.447 e. The number of hydrogen-bond donors (Lipinski definition) is 1. The molecule has 0 aromatic heterocycles. The second-order valence-electron chi connectivity index (χ2n) is 9.29. The van der Waals surface area contributed by atoms with Crippen molar-refractivity contribution in [2.24, 2.45) is 16.7 Å². The van der Waals surface area contributed by atoms with E-state index in [1.54, 1.807) is 0 Å². The van der Waals surface area contributed by atoms with Crippen molar-refractivity contribution in [3.8, 4) is 18.2 Å². The largest absolute Gasteiger partial charge is 0.447 e. The molecule has 1 aliphatic carbocycles. The lowest BCUT2D eigenvalue weighted by Crippen LogP contribution is -2.59. The van der Waals surface area contributed by atoms with Crippen LogP contribution in [0.1, 0.15) is 75.9 Å². The van der Waals surface area contributed by atoms with Crippen LogP contribution >= 0.6 is 15.9 Å². The van der Waals surface area contributed by atoms with Crippen LogP contribution in [-0.2, 0) is 9.47 Å². The lowest BCUT2D eigenvalue weighted by atomic mass is 9.52. The summed E-state index contributed by atoms with van der Waals surface area (Å²) in [6.07, 6.45) is 7.89. The molecular weight excluding hydrogens is 487 g/mol. The van der Waals surface area contributed by atoms with Gasteiger partial charge in [0.25, 0.3) is 0 Å². The van der Waals surface area contributed by atoms with E-state index >= 15 is 0 Å². The highest BCUT2D eigenvalue weighted by molar-refractivity contribution is 9.10. The highest BCUT2D eigenvalue weighted by Crippen LogP contribution is 2.68. The Kier molecular flexibility index (Phi) is 6.50. The lowest BCUT2D eigenvalue weighted by molar-refractivity contribution is -0.287. The summed E-state index contributed by atoms with van der Waals surface area (Å²) < 4.78 is 26.8. The molecule has 3 fully saturated rings. The first kappa shape index (κ1) is 23.7. The Morgan fingerprint density at radius 1 is 0.970 bits per heavy atom. The van der Waals surface area contributed by atoms with Gasteiger partial charge in [0.2, 0.25) is 17.1 Å². The maximum atomic E-state index is 14.0. The van der Waals surface area contributed by atoms with Crippen molar-refractivity contribution in [2.45, 2.75) is 76.1 Å². The maximum absolute atomic E-state index is 14.0. The van der Waals surface area contributed by atoms with Gasteiger partial charge in [-0.1, -0.05) is 51.0 Å². The molecule has 4 atom stereocenters. The van der Waals surface area contributed by atoms with E-state index in [-0.39, 0.29) is 10.4 Å². The Hall–Kier alpha value is -2.47. The van der Waals surface area contributed by atoms with Crippen molar-refractivity contribution in [1.82, 2.24) is 0 Å². The van der Waals surface area contributed by atoms with Crippen molar-refractivity contribution in [3.05, 3.63) is 34.1 Å². The average Bonchev–Trinajstić information content (AvgIpc) is 2.98. The van der Waals surface area contributed by atoms with Gasteiger partial charge in [0.1, 0.15) is 11.9 Å². The summed E-state index contributed by atoms with van der Waals surface area (Å²) >= 11 is 3.17. The standard InChI is InChI=1S/C25H26BrFN4O2/c26-18-13-17(10-11-19(18)27)21-23(14-28,15-29)24(16-30)20-9-7-5-3-1-2-4-6-8-12-25(20,32-21)33-22(24)31/h10-11,13,20-21,31H,1-9,12H2. The maximum Gasteiger partial charge on any atom is 0.217 e. The van der Waals surface area contributed by atoms with Crippen LogP contribution in [0.15, 0.2) is 22.7 Å². The Balaban J connectivity index is 1.90. The van der Waals surface area contributed by atoms with Gasteiger partial charge in [0.05, 0.1) is 28.6 Å². The van der Waals surface area contributed by atoms with Crippen molar-refractivity contribution < 1.29 is 13.9 Å². The van der Waals surface area contributed by atoms with Gasteiger partial charge in [-0.15, -0.1) is 0 Å². The summed E-state index contributed by atoms with van der Waals surface area (Å²) in [7, 11) is 0. The zero-order valence-corrected chi connectivity index (χ0v) is 20.0. The molecule has 0 radical (unpaired) electrons. The predicted octanol–water partition coefficient (Wildman–Crippen LogP) is 6.44. The molecule has 1 aromatic carbocycles. The quantitative estimate of drug-likeness (QED) is 0.464. The Morgan fingerprint density at radius 2 is 1.61 bits per heavy atom. The molecule has 0 amide bonds. The fraction of sp³-hybridized carbons (Fsp3) is 0.600. The SMILES string of the molecule is N#CC1(C#N)C(c2ccc(F)c(Br)c2)OC23CCCCCCCCCCC2C1(C#N)C(=N)O3. The molecule has 1 saturated carbocycles. The smallest absolute Gasteiger partial charge is 0.217 e. The molecule has 2 saturated heterocycles. The number of nitrogens with one attached hydrogen (secondary N) is 1. The molecule has 33 heavy (non-hydrogen) atoms. The third-order valence-electron chi connectivity index (χ3n) is 7.56. The van der Waals surface area contributed by atoms with E-state index in [0.29, 0.717) is 18.4 Å². The molecule has 4 unspecified atom stereocenters. The van der Waals surface area contributed by atoms with Gasteiger partial charge >= 0.3 is 0 Å². The molecule has 1 N–H and O–H groups in total. The highest BCUT2D eigenvalue weighted by atomic mass is 79.9. The normalized spacial score (nSPS) is 33.7. The average molecular weight is 513 g/mol. The number of rotatable bonds is 1. The van der Waals surface area contributed by atoms with E-state index in [4.69, 9.17) is 14.9 Å². The van der Waals surface area contributed by atoms with Gasteiger partial charge in [0, 0.05) is 6.42 Å². The topological polar surface area (TPSA) is 114 Å². The van der Waals surface area contributed by atoms with Crippen molar-refractivity contribution >= 4 is 21.8 Å². The number of benzene rings is 1. The molecule has 3 aliphatic rings. The van der Waals surface area contributed by atoms with Crippen LogP contribution in [0, 0.1) is 62.0 Å². The molecule has 172 valence electrons. The summed E-state index contributed by atoms with van der Waals surface area (Å²) in [4.78, 5) is 0. The van der Waals surface area contributed by atoms with E-state index < -0.39 is 34.5 Å². The molecule has 4 rings (SSSR count). The zero-order valence-electron chi connectivity index (χ0n) is 18.4. The van der Waals surface area contributed by atoms with Crippen LogP contribution < -0.4 is 0 Å². The molecule has 2 heterocycles. The monoisotopic (exact) mass is 512 g/mol. The van der Waals surface area contributed by atoms with Gasteiger partial charge in [-0.05, 0) is 46.5 Å². The predicted molar refractivity (Wildman–Crippen MR) is 121 cm³/mol. The summed E-state index contributed by atoms with van der Waals surface area (Å²) in [5.74, 6) is -2.73. The van der Waals surface area contributed by atoms with Gasteiger partial charge in [-0.2, -0.15) is 15.8 Å². The molecule has 2 aliphatic heterocycles. The number of halogens is 2. The number of nitriles is 3. The van der Waals surface area contributed by atoms with Crippen LogP contribution in [0.25, 0.3) is 0 Å². The summed E-state index contributed by atoms with van der Waals surface area (Å²) in [5.41, 5.74) is -3.39. The van der Waals surface area contributed by atoms with Gasteiger partial charge in [-0.25, -0.2) is 4.39 Å². The van der Waals surface area contributed by atoms with Crippen molar-refractivity contribution in [2.75, 3.05) is 0 Å². The number of nitrogens with zero attached hydrogens (tertiary/aromatic N) is 3. The second-order valence-corrected chi connectivity index (χ2v) is 10.1. The van der Waals surface area contributed by atoms with E-state index in [2.05, 4.69) is 34.1 Å². The van der Waals surface area contributed by atoms with Crippen LogP contribution in [0.5, 0.6) is 0 Å². The van der Waals surface area contributed by atoms with Crippen molar-refractivity contribution in [1.29, 1.82) is 21.2 Å². The van der Waals surface area contributed by atoms with E-state index in [1.807, 2.05) is 0 Å². The minimum atomic E-state index is -2.02.